The van der Waals surface area contributed by atoms with E-state index in [-0.39, 0.29) is 6.10 Å². The second-order valence-corrected chi connectivity index (χ2v) is 5.99. The number of nitrogens with two attached hydrogens (primary N) is 1. The predicted molar refractivity (Wildman–Crippen MR) is 76.8 cm³/mol. The Hall–Kier alpha value is -0.720. The molecule has 5 nitrogen and oxygen atoms in total. The first-order valence-electron chi connectivity index (χ1n) is 6.86. The van der Waals surface area contributed by atoms with Gasteiger partial charge in [0.15, 0.2) is 5.82 Å². The first-order valence-corrected chi connectivity index (χ1v) is 7.65. The number of anilines is 1. The van der Waals surface area contributed by atoms with E-state index >= 15 is 0 Å². The number of halogens is 1. The Morgan fingerprint density at radius 2 is 2.32 bits per heavy atom. The zero-order chi connectivity index (χ0) is 13.4. The van der Waals surface area contributed by atoms with E-state index in [1.54, 1.807) is 0 Å². The minimum absolute atomic E-state index is 0.0463. The van der Waals surface area contributed by atoms with Crippen molar-refractivity contribution in [3.8, 4) is 0 Å². The molecule has 1 aromatic rings. The molecule has 2 N–H and O–H groups in total. The average Bonchev–Trinajstić information content (AvgIpc) is 2.89. The van der Waals surface area contributed by atoms with Gasteiger partial charge < -0.3 is 10.5 Å². The van der Waals surface area contributed by atoms with Gasteiger partial charge in [0.2, 0.25) is 0 Å². The second-order valence-electron chi connectivity index (χ2n) is 5.19. The highest BCUT2D eigenvalue weighted by Crippen LogP contribution is 2.30. The highest BCUT2D eigenvalue weighted by molar-refractivity contribution is 9.10. The fourth-order valence-corrected chi connectivity index (χ4v) is 3.34. The minimum atomic E-state index is -0.0463. The summed E-state index contributed by atoms with van der Waals surface area (Å²) in [6, 6.07) is 0.592. The lowest BCUT2D eigenvalue weighted by atomic mass is 10.1. The van der Waals surface area contributed by atoms with Gasteiger partial charge in [-0.1, -0.05) is 6.92 Å². The molecule has 3 heterocycles. The van der Waals surface area contributed by atoms with Crippen LogP contribution in [0, 0.1) is 0 Å². The monoisotopic (exact) mass is 326 g/mol. The topological polar surface area (TPSA) is 64.3 Å². The zero-order valence-corrected chi connectivity index (χ0v) is 12.7. The molecule has 2 fully saturated rings. The lowest BCUT2D eigenvalue weighted by molar-refractivity contribution is -0.0541. The Balaban J connectivity index is 1.84. The van der Waals surface area contributed by atoms with E-state index in [2.05, 4.69) is 37.7 Å². The van der Waals surface area contributed by atoms with Crippen molar-refractivity contribution in [3.63, 3.8) is 0 Å². The molecule has 2 aliphatic heterocycles. The first kappa shape index (κ1) is 13.3. The Kier molecular flexibility index (Phi) is 3.73. The molecule has 2 saturated heterocycles. The average molecular weight is 327 g/mol. The lowest BCUT2D eigenvalue weighted by Crippen LogP contribution is -2.43. The molecule has 0 amide bonds. The van der Waals surface area contributed by atoms with Crippen molar-refractivity contribution >= 4 is 21.7 Å². The Labute approximate surface area is 121 Å². The maximum absolute atomic E-state index is 5.94. The standard InChI is InChI=1S/C13H19BrN4O/c1-2-9-11(14)12(15)17-13(16-9)10-6-18-5-3-4-8(18)7-19-10/h8,10H,2-7H2,1H3,(H2,15,16,17). The summed E-state index contributed by atoms with van der Waals surface area (Å²) >= 11 is 3.44. The number of ether oxygens (including phenoxy) is 1. The smallest absolute Gasteiger partial charge is 0.161 e. The van der Waals surface area contributed by atoms with Gasteiger partial charge in [-0.05, 0) is 41.7 Å². The molecule has 0 aromatic carbocycles. The van der Waals surface area contributed by atoms with Crippen molar-refractivity contribution in [2.75, 3.05) is 25.4 Å². The SMILES string of the molecule is CCc1nc(C2CN3CCCC3CO2)nc(N)c1Br. The minimum Gasteiger partial charge on any atom is -0.383 e. The van der Waals surface area contributed by atoms with Crippen molar-refractivity contribution in [1.82, 2.24) is 14.9 Å². The summed E-state index contributed by atoms with van der Waals surface area (Å²) in [6.45, 7) is 4.89. The molecule has 3 rings (SSSR count). The summed E-state index contributed by atoms with van der Waals surface area (Å²) in [6.07, 6.45) is 3.30. The molecular formula is C13H19BrN4O. The van der Waals surface area contributed by atoms with E-state index in [4.69, 9.17) is 10.5 Å². The number of nitrogens with zero attached hydrogens (tertiary/aromatic N) is 3. The molecular weight excluding hydrogens is 308 g/mol. The van der Waals surface area contributed by atoms with Crippen LogP contribution in [-0.4, -0.2) is 40.6 Å². The Morgan fingerprint density at radius 1 is 1.47 bits per heavy atom. The third-order valence-electron chi connectivity index (χ3n) is 3.97. The molecule has 0 radical (unpaired) electrons. The number of rotatable bonds is 2. The third-order valence-corrected chi connectivity index (χ3v) is 4.84. The maximum Gasteiger partial charge on any atom is 0.161 e. The summed E-state index contributed by atoms with van der Waals surface area (Å²) in [7, 11) is 0. The molecule has 2 unspecified atom stereocenters. The molecule has 104 valence electrons. The number of nitrogen functional groups attached to an aromatic ring is 1. The normalized spacial score (nSPS) is 27.5. The molecule has 0 bridgehead atoms. The van der Waals surface area contributed by atoms with E-state index in [0.29, 0.717) is 11.9 Å². The van der Waals surface area contributed by atoms with Crippen molar-refractivity contribution in [2.45, 2.75) is 38.3 Å². The number of hydrogen-bond donors (Lipinski definition) is 1. The zero-order valence-electron chi connectivity index (χ0n) is 11.1. The Bertz CT molecular complexity index is 482. The largest absolute Gasteiger partial charge is 0.383 e. The van der Waals surface area contributed by atoms with E-state index in [1.807, 2.05) is 0 Å². The van der Waals surface area contributed by atoms with Crippen LogP contribution in [-0.2, 0) is 11.2 Å². The van der Waals surface area contributed by atoms with Crippen LogP contribution in [0.15, 0.2) is 4.47 Å². The highest BCUT2D eigenvalue weighted by atomic mass is 79.9. The van der Waals surface area contributed by atoms with E-state index in [0.717, 1.165) is 42.1 Å². The van der Waals surface area contributed by atoms with Crippen molar-refractivity contribution in [2.24, 2.45) is 0 Å². The lowest BCUT2D eigenvalue weighted by Gasteiger charge is -2.34. The van der Waals surface area contributed by atoms with Crippen LogP contribution in [0.1, 0.15) is 37.4 Å². The van der Waals surface area contributed by atoms with Gasteiger partial charge in [-0.3, -0.25) is 4.90 Å². The summed E-state index contributed by atoms with van der Waals surface area (Å²) in [5, 5.41) is 0. The number of morpholine rings is 1. The van der Waals surface area contributed by atoms with Crippen LogP contribution in [0.25, 0.3) is 0 Å². The second kappa shape index (κ2) is 5.34. The fourth-order valence-electron chi connectivity index (χ4n) is 2.88. The molecule has 0 saturated carbocycles. The van der Waals surface area contributed by atoms with Gasteiger partial charge in [0.25, 0.3) is 0 Å². The number of fused-ring (bicyclic) bond motifs is 1. The number of hydrogen-bond acceptors (Lipinski definition) is 5. The van der Waals surface area contributed by atoms with Gasteiger partial charge in [-0.2, -0.15) is 0 Å². The van der Waals surface area contributed by atoms with Crippen LogP contribution in [0.4, 0.5) is 5.82 Å². The molecule has 1 aromatic heterocycles. The van der Waals surface area contributed by atoms with Gasteiger partial charge in [0.1, 0.15) is 11.9 Å². The van der Waals surface area contributed by atoms with E-state index in [9.17, 15) is 0 Å². The molecule has 2 atom stereocenters. The molecule has 0 aliphatic carbocycles. The van der Waals surface area contributed by atoms with Crippen molar-refractivity contribution in [3.05, 3.63) is 16.0 Å². The van der Waals surface area contributed by atoms with Crippen LogP contribution in [0.2, 0.25) is 0 Å². The summed E-state index contributed by atoms with van der Waals surface area (Å²) in [5.74, 6) is 1.23. The molecule has 6 heteroatoms. The van der Waals surface area contributed by atoms with Crippen molar-refractivity contribution in [1.29, 1.82) is 0 Å². The predicted octanol–water partition coefficient (Wildman–Crippen LogP) is 1.92. The van der Waals surface area contributed by atoms with Crippen molar-refractivity contribution < 1.29 is 4.74 Å². The van der Waals surface area contributed by atoms with Crippen LogP contribution in [0.5, 0.6) is 0 Å². The third kappa shape index (κ3) is 2.49. The number of aryl methyl sites for hydroxylation is 1. The fraction of sp³-hybridized carbons (Fsp3) is 0.692. The van der Waals surface area contributed by atoms with Crippen LogP contribution >= 0.6 is 15.9 Å². The Morgan fingerprint density at radius 3 is 3.11 bits per heavy atom. The summed E-state index contributed by atoms with van der Waals surface area (Å²) < 4.78 is 6.75. The molecule has 2 aliphatic rings. The van der Waals surface area contributed by atoms with Gasteiger partial charge in [0, 0.05) is 12.6 Å². The number of aromatic nitrogens is 2. The quantitative estimate of drug-likeness (QED) is 0.899. The first-order chi connectivity index (χ1) is 9.19. The highest BCUT2D eigenvalue weighted by Gasteiger charge is 2.34. The summed E-state index contributed by atoms with van der Waals surface area (Å²) in [4.78, 5) is 11.5. The maximum atomic E-state index is 5.94. The van der Waals surface area contributed by atoms with Gasteiger partial charge in [-0.25, -0.2) is 9.97 Å². The molecule has 19 heavy (non-hydrogen) atoms. The molecule has 0 spiro atoms. The van der Waals surface area contributed by atoms with Gasteiger partial charge in [0.05, 0.1) is 16.8 Å². The summed E-state index contributed by atoms with van der Waals surface area (Å²) in [5.41, 5.74) is 6.90. The van der Waals surface area contributed by atoms with Gasteiger partial charge >= 0.3 is 0 Å². The van der Waals surface area contributed by atoms with Crippen LogP contribution < -0.4 is 5.73 Å². The van der Waals surface area contributed by atoms with Gasteiger partial charge in [-0.15, -0.1) is 0 Å². The van der Waals surface area contributed by atoms with Crippen LogP contribution in [0.3, 0.4) is 0 Å². The van der Waals surface area contributed by atoms with E-state index < -0.39 is 0 Å². The van der Waals surface area contributed by atoms with E-state index in [1.165, 1.54) is 12.8 Å².